The second-order valence-corrected chi connectivity index (χ2v) is 7.65. The summed E-state index contributed by atoms with van der Waals surface area (Å²) in [5.41, 5.74) is 1.37. The first-order valence-electron chi connectivity index (χ1n) is 9.38. The fourth-order valence-electron chi connectivity index (χ4n) is 3.38. The van der Waals surface area contributed by atoms with Gasteiger partial charge in [-0.2, -0.15) is 0 Å². The average Bonchev–Trinajstić information content (AvgIpc) is 2.74. The molecule has 0 radical (unpaired) electrons. The summed E-state index contributed by atoms with van der Waals surface area (Å²) in [6.45, 7) is 1.48. The Morgan fingerprint density at radius 1 is 1.17 bits per heavy atom. The van der Waals surface area contributed by atoms with Crippen molar-refractivity contribution in [2.24, 2.45) is 0 Å². The lowest BCUT2D eigenvalue weighted by molar-refractivity contribution is -0.120. The van der Waals surface area contributed by atoms with Gasteiger partial charge < -0.3 is 20.3 Å². The molecule has 1 aliphatic heterocycles. The molecule has 0 aromatic heterocycles. The van der Waals surface area contributed by atoms with Crippen LogP contribution in [-0.4, -0.2) is 44.6 Å². The molecule has 2 amide bonds. The maximum absolute atomic E-state index is 12.3. The van der Waals surface area contributed by atoms with Gasteiger partial charge in [-0.15, -0.1) is 0 Å². The molecule has 0 saturated carbocycles. The van der Waals surface area contributed by atoms with Gasteiger partial charge in [0.2, 0.25) is 5.91 Å². The molecule has 0 bridgehead atoms. The molecule has 1 unspecified atom stereocenters. The molecule has 6 nitrogen and oxygen atoms in total. The molecule has 2 N–H and O–H groups in total. The van der Waals surface area contributed by atoms with Crippen LogP contribution in [0.15, 0.2) is 42.5 Å². The number of ether oxygens (including phenoxy) is 1. The summed E-state index contributed by atoms with van der Waals surface area (Å²) < 4.78 is 5.44. The summed E-state index contributed by atoms with van der Waals surface area (Å²) in [5, 5.41) is 6.28. The van der Waals surface area contributed by atoms with Crippen molar-refractivity contribution in [3.63, 3.8) is 0 Å². The van der Waals surface area contributed by atoms with Gasteiger partial charge in [-0.05, 0) is 43.2 Å². The number of piperidine rings is 1. The maximum Gasteiger partial charge on any atom is 0.251 e. The summed E-state index contributed by atoms with van der Waals surface area (Å²) >= 11 is 11.8. The normalized spacial score (nSPS) is 16.2. The topological polar surface area (TPSA) is 70.7 Å². The summed E-state index contributed by atoms with van der Waals surface area (Å²) in [5.74, 6) is 0.205. The van der Waals surface area contributed by atoms with E-state index in [0.717, 1.165) is 30.8 Å². The lowest BCUT2D eigenvalue weighted by Crippen LogP contribution is -2.50. The number of carbonyl (C=O) groups is 2. The van der Waals surface area contributed by atoms with E-state index in [2.05, 4.69) is 15.5 Å². The first-order valence-corrected chi connectivity index (χ1v) is 10.1. The summed E-state index contributed by atoms with van der Waals surface area (Å²) in [6.07, 6.45) is 1.84. The second kappa shape index (κ2) is 9.85. The van der Waals surface area contributed by atoms with E-state index >= 15 is 0 Å². The molecule has 2 aromatic rings. The van der Waals surface area contributed by atoms with Crippen LogP contribution in [0.2, 0.25) is 10.0 Å². The Labute approximate surface area is 180 Å². The zero-order valence-electron chi connectivity index (χ0n) is 16.1. The number of hydrogen-bond acceptors (Lipinski definition) is 4. The van der Waals surface area contributed by atoms with Crippen molar-refractivity contribution in [1.29, 1.82) is 0 Å². The Kier molecular flexibility index (Phi) is 7.23. The predicted molar refractivity (Wildman–Crippen MR) is 115 cm³/mol. The molecule has 1 saturated heterocycles. The average molecular weight is 436 g/mol. The van der Waals surface area contributed by atoms with Crippen LogP contribution in [0, 0.1) is 0 Å². The van der Waals surface area contributed by atoms with Gasteiger partial charge in [-0.3, -0.25) is 9.59 Å². The van der Waals surface area contributed by atoms with E-state index in [4.69, 9.17) is 27.9 Å². The number of carbonyl (C=O) groups excluding carboxylic acids is 2. The fourth-order valence-corrected chi connectivity index (χ4v) is 3.68. The Morgan fingerprint density at radius 3 is 2.72 bits per heavy atom. The number of hydrogen-bond donors (Lipinski definition) is 2. The highest BCUT2D eigenvalue weighted by Gasteiger charge is 2.23. The van der Waals surface area contributed by atoms with Gasteiger partial charge in [-0.1, -0.05) is 35.3 Å². The number of nitrogens with zero attached hydrogens (tertiary/aromatic N) is 1. The van der Waals surface area contributed by atoms with Crippen LogP contribution < -0.4 is 20.3 Å². The van der Waals surface area contributed by atoms with Crippen molar-refractivity contribution in [3.05, 3.63) is 58.1 Å². The SMILES string of the molecule is COc1ccccc1N1CCCC(NC(=O)CNC(=O)c2ccc(Cl)c(Cl)c2)C1. The monoisotopic (exact) mass is 435 g/mol. The van der Waals surface area contributed by atoms with Gasteiger partial charge in [-0.25, -0.2) is 0 Å². The highest BCUT2D eigenvalue weighted by atomic mass is 35.5. The highest BCUT2D eigenvalue weighted by molar-refractivity contribution is 6.42. The number of methoxy groups -OCH3 is 1. The van der Waals surface area contributed by atoms with E-state index in [1.165, 1.54) is 6.07 Å². The highest BCUT2D eigenvalue weighted by Crippen LogP contribution is 2.29. The van der Waals surface area contributed by atoms with Crippen molar-refractivity contribution in [1.82, 2.24) is 10.6 Å². The van der Waals surface area contributed by atoms with Gasteiger partial charge in [0.25, 0.3) is 5.91 Å². The maximum atomic E-state index is 12.3. The van der Waals surface area contributed by atoms with Crippen LogP contribution in [-0.2, 0) is 4.79 Å². The van der Waals surface area contributed by atoms with Gasteiger partial charge >= 0.3 is 0 Å². The zero-order chi connectivity index (χ0) is 20.8. The molecular formula is C21H23Cl2N3O3. The molecule has 154 valence electrons. The fraction of sp³-hybridized carbons (Fsp3) is 0.333. The smallest absolute Gasteiger partial charge is 0.251 e. The quantitative estimate of drug-likeness (QED) is 0.727. The van der Waals surface area contributed by atoms with Gasteiger partial charge in [0.15, 0.2) is 0 Å². The molecule has 2 aromatic carbocycles. The molecule has 0 aliphatic carbocycles. The Morgan fingerprint density at radius 2 is 1.97 bits per heavy atom. The molecule has 29 heavy (non-hydrogen) atoms. The molecule has 8 heteroatoms. The van der Waals surface area contributed by atoms with Crippen molar-refractivity contribution < 1.29 is 14.3 Å². The van der Waals surface area contributed by atoms with Crippen LogP contribution in [0.3, 0.4) is 0 Å². The van der Waals surface area contributed by atoms with Gasteiger partial charge in [0, 0.05) is 24.7 Å². The predicted octanol–water partition coefficient (Wildman–Crippen LogP) is 3.52. The van der Waals surface area contributed by atoms with E-state index in [0.29, 0.717) is 22.2 Å². The van der Waals surface area contributed by atoms with Crippen molar-refractivity contribution in [3.8, 4) is 5.75 Å². The third-order valence-corrected chi connectivity index (χ3v) is 5.54. The van der Waals surface area contributed by atoms with Crippen LogP contribution in [0.1, 0.15) is 23.2 Å². The van der Waals surface area contributed by atoms with Crippen molar-refractivity contribution >= 4 is 40.7 Å². The first kappa shape index (κ1) is 21.3. The molecule has 1 heterocycles. The van der Waals surface area contributed by atoms with Crippen LogP contribution >= 0.6 is 23.2 Å². The standard InChI is InChI=1S/C21H23Cl2N3O3/c1-29-19-7-3-2-6-18(19)26-10-4-5-15(13-26)25-20(27)12-24-21(28)14-8-9-16(22)17(23)11-14/h2-3,6-9,11,15H,4-5,10,12-13H2,1H3,(H,24,28)(H,25,27). The second-order valence-electron chi connectivity index (χ2n) is 6.84. The molecular weight excluding hydrogens is 413 g/mol. The number of nitrogens with one attached hydrogen (secondary N) is 2. The minimum atomic E-state index is -0.377. The Bertz CT molecular complexity index is 891. The van der Waals surface area contributed by atoms with E-state index in [1.54, 1.807) is 19.2 Å². The zero-order valence-corrected chi connectivity index (χ0v) is 17.6. The van der Waals surface area contributed by atoms with Crippen molar-refractivity contribution in [2.75, 3.05) is 31.6 Å². The van der Waals surface area contributed by atoms with Gasteiger partial charge in [0.1, 0.15) is 5.75 Å². The van der Waals surface area contributed by atoms with E-state index in [1.807, 2.05) is 24.3 Å². The number of rotatable bonds is 6. The largest absolute Gasteiger partial charge is 0.495 e. The number of para-hydroxylation sites is 2. The van der Waals surface area contributed by atoms with Crippen LogP contribution in [0.5, 0.6) is 5.75 Å². The minimum absolute atomic E-state index is 0.00282. The molecule has 1 aliphatic rings. The number of halogens is 2. The lowest BCUT2D eigenvalue weighted by Gasteiger charge is -2.35. The van der Waals surface area contributed by atoms with Crippen LogP contribution in [0.4, 0.5) is 5.69 Å². The molecule has 0 spiro atoms. The minimum Gasteiger partial charge on any atom is -0.495 e. The summed E-state index contributed by atoms with van der Waals surface area (Å²) in [4.78, 5) is 26.7. The number of anilines is 1. The Hall–Kier alpha value is -2.44. The van der Waals surface area contributed by atoms with E-state index < -0.39 is 0 Å². The van der Waals surface area contributed by atoms with Gasteiger partial charge in [0.05, 0.1) is 29.4 Å². The van der Waals surface area contributed by atoms with Crippen LogP contribution in [0.25, 0.3) is 0 Å². The number of benzene rings is 2. The first-order chi connectivity index (χ1) is 14.0. The van der Waals surface area contributed by atoms with Crippen molar-refractivity contribution in [2.45, 2.75) is 18.9 Å². The lowest BCUT2D eigenvalue weighted by atomic mass is 10.0. The molecule has 1 atom stereocenters. The summed E-state index contributed by atoms with van der Waals surface area (Å²) in [7, 11) is 1.65. The van der Waals surface area contributed by atoms with E-state index in [-0.39, 0.29) is 24.4 Å². The van der Waals surface area contributed by atoms with E-state index in [9.17, 15) is 9.59 Å². The molecule has 1 fully saturated rings. The Balaban J connectivity index is 1.52. The molecule has 3 rings (SSSR count). The third kappa shape index (κ3) is 5.55. The summed E-state index contributed by atoms with van der Waals surface area (Å²) in [6, 6.07) is 12.4. The third-order valence-electron chi connectivity index (χ3n) is 4.80. The number of amides is 2.